The van der Waals surface area contributed by atoms with Gasteiger partial charge in [0.15, 0.2) is 0 Å². The van der Waals surface area contributed by atoms with Crippen LogP contribution in [0.25, 0.3) is 0 Å². The number of ether oxygens (including phenoxy) is 4. The van der Waals surface area contributed by atoms with Crippen LogP contribution in [0.4, 0.5) is 0 Å². The zero-order valence-corrected chi connectivity index (χ0v) is 29.3. The maximum atomic E-state index is 7.72. The third kappa shape index (κ3) is 4.76. The molecule has 47 heavy (non-hydrogen) atoms. The highest BCUT2D eigenvalue weighted by atomic mass is 16.5. The number of rotatable bonds is 3. The number of nitrogens with zero attached hydrogens (tertiary/aromatic N) is 1. The topological polar surface area (TPSA) is 40.2 Å². The van der Waals surface area contributed by atoms with Crippen LogP contribution in [0.5, 0.6) is 0 Å². The summed E-state index contributed by atoms with van der Waals surface area (Å²) in [5.74, 6) is 6.19. The largest absolute Gasteiger partial charge is 0.374 e. The van der Waals surface area contributed by atoms with Crippen LogP contribution in [-0.2, 0) is 18.9 Å². The Morgan fingerprint density at radius 1 is 0.277 bits per heavy atom. The maximum Gasteiger partial charge on any atom is 0.0766 e. The molecular weight excluding hydrogens is 582 g/mol. The minimum absolute atomic E-state index is 0.410. The molecule has 4 saturated heterocycles. The lowest BCUT2D eigenvalue weighted by atomic mass is 9.64. The Morgan fingerprint density at radius 2 is 0.702 bits per heavy atom. The van der Waals surface area contributed by atoms with E-state index in [0.717, 1.165) is 41.4 Å². The molecule has 0 bridgehead atoms. The fourth-order valence-electron chi connectivity index (χ4n) is 15.8. The van der Waals surface area contributed by atoms with Gasteiger partial charge in [0.25, 0.3) is 0 Å². The molecular formula is C42H65NO4. The van der Waals surface area contributed by atoms with Crippen molar-refractivity contribution in [3.63, 3.8) is 0 Å². The van der Waals surface area contributed by atoms with E-state index in [1.54, 1.807) is 0 Å². The highest BCUT2D eigenvalue weighted by Gasteiger charge is 2.63. The number of fused-ring (bicyclic) bond motifs is 13. The smallest absolute Gasteiger partial charge is 0.0766 e. The van der Waals surface area contributed by atoms with Crippen molar-refractivity contribution in [1.82, 2.24) is 4.90 Å². The van der Waals surface area contributed by atoms with Crippen LogP contribution in [0.3, 0.4) is 0 Å². The molecule has 7 aliphatic carbocycles. The minimum atomic E-state index is 0.410. The number of hydrogen-bond acceptors (Lipinski definition) is 5. The first-order chi connectivity index (χ1) is 23.3. The highest BCUT2D eigenvalue weighted by Crippen LogP contribution is 2.59. The first kappa shape index (κ1) is 30.4. The molecule has 5 heteroatoms. The van der Waals surface area contributed by atoms with E-state index in [2.05, 4.69) is 4.90 Å². The van der Waals surface area contributed by atoms with Gasteiger partial charge in [0.1, 0.15) is 0 Å². The summed E-state index contributed by atoms with van der Waals surface area (Å²) in [4.78, 5) is 3.22. The Bertz CT molecular complexity index is 1100. The normalized spacial score (nSPS) is 58.0. The third-order valence-electron chi connectivity index (χ3n) is 17.4. The molecule has 11 aliphatic rings. The third-order valence-corrected chi connectivity index (χ3v) is 17.4. The average Bonchev–Trinajstić information content (AvgIpc) is 3.88. The first-order valence-corrected chi connectivity index (χ1v) is 21.7. The van der Waals surface area contributed by atoms with Crippen molar-refractivity contribution in [2.24, 2.45) is 47.3 Å². The summed E-state index contributed by atoms with van der Waals surface area (Å²) < 4.78 is 29.2. The van der Waals surface area contributed by atoms with E-state index in [1.165, 1.54) is 148 Å². The summed E-state index contributed by atoms with van der Waals surface area (Å²) in [6.07, 6.45) is 35.5. The zero-order valence-electron chi connectivity index (χ0n) is 29.3. The quantitative estimate of drug-likeness (QED) is 0.307. The molecule has 11 fully saturated rings. The molecule has 19 atom stereocenters. The SMILES string of the molecule is C1CCC2C(C1)OC1C2CCCC1N(C1CCCC2C3CCCCC3OC21)C1CCCC2C3CCC4OC5CCCCC5C4C3OC21. The van der Waals surface area contributed by atoms with E-state index in [4.69, 9.17) is 18.9 Å². The molecule has 5 nitrogen and oxygen atoms in total. The van der Waals surface area contributed by atoms with Crippen LogP contribution in [-0.4, -0.2) is 71.9 Å². The Labute approximate surface area is 285 Å². The Morgan fingerprint density at radius 3 is 1.28 bits per heavy atom. The Hall–Kier alpha value is -0.200. The van der Waals surface area contributed by atoms with Gasteiger partial charge in [-0.25, -0.2) is 0 Å². The standard InChI is InChI=1S/C42H65NO4/c1-4-19-34-24(10-1)26-13-7-16-31(39(26)45-34)43(32-17-8-14-27-25-11-2-5-20-35(25)46-40(27)32)33-18-9-15-28-29-22-23-37-38(42(29)47-41(28)33)30-12-3-6-21-36(30)44-37/h24-42H,1-23H2. The first-order valence-electron chi connectivity index (χ1n) is 21.7. The lowest BCUT2D eigenvalue weighted by molar-refractivity contribution is -0.148. The molecule has 4 aliphatic heterocycles. The van der Waals surface area contributed by atoms with Gasteiger partial charge in [0.2, 0.25) is 0 Å². The molecule has 262 valence electrons. The molecule has 0 aromatic carbocycles. The second-order valence-corrected chi connectivity index (χ2v) is 19.2. The van der Waals surface area contributed by atoms with Crippen LogP contribution >= 0.6 is 0 Å². The van der Waals surface area contributed by atoms with Gasteiger partial charge < -0.3 is 18.9 Å². The Balaban J connectivity index is 0.947. The molecule has 0 N–H and O–H groups in total. The summed E-state index contributed by atoms with van der Waals surface area (Å²) >= 11 is 0. The van der Waals surface area contributed by atoms with Gasteiger partial charge >= 0.3 is 0 Å². The van der Waals surface area contributed by atoms with E-state index in [1.807, 2.05) is 0 Å². The summed E-state index contributed by atoms with van der Waals surface area (Å²) in [5.41, 5.74) is 0. The van der Waals surface area contributed by atoms with E-state index < -0.39 is 0 Å². The van der Waals surface area contributed by atoms with E-state index >= 15 is 0 Å². The average molecular weight is 648 g/mol. The molecule has 0 aromatic rings. The van der Waals surface area contributed by atoms with E-state index in [9.17, 15) is 0 Å². The van der Waals surface area contributed by atoms with Crippen LogP contribution in [0.2, 0.25) is 0 Å². The second kappa shape index (κ2) is 12.2. The molecule has 0 radical (unpaired) electrons. The van der Waals surface area contributed by atoms with Crippen molar-refractivity contribution in [1.29, 1.82) is 0 Å². The van der Waals surface area contributed by atoms with Crippen molar-refractivity contribution in [2.45, 2.75) is 215 Å². The molecule has 0 aromatic heterocycles. The van der Waals surface area contributed by atoms with Gasteiger partial charge in [-0.1, -0.05) is 57.8 Å². The van der Waals surface area contributed by atoms with Gasteiger partial charge in [-0.3, -0.25) is 4.90 Å². The summed E-state index contributed by atoms with van der Waals surface area (Å²) in [7, 11) is 0. The fourth-order valence-corrected chi connectivity index (χ4v) is 15.8. The molecule has 4 heterocycles. The van der Waals surface area contributed by atoms with Gasteiger partial charge in [-0.15, -0.1) is 0 Å². The maximum absolute atomic E-state index is 7.72. The van der Waals surface area contributed by atoms with E-state index in [0.29, 0.717) is 72.9 Å². The van der Waals surface area contributed by atoms with Crippen molar-refractivity contribution in [3.05, 3.63) is 0 Å². The van der Waals surface area contributed by atoms with Crippen molar-refractivity contribution in [2.75, 3.05) is 0 Å². The molecule has 19 unspecified atom stereocenters. The summed E-state index contributed by atoms with van der Waals surface area (Å²) in [6, 6.07) is 1.68. The molecule has 0 spiro atoms. The van der Waals surface area contributed by atoms with Gasteiger partial charge in [0, 0.05) is 24.0 Å². The van der Waals surface area contributed by atoms with Crippen molar-refractivity contribution >= 4 is 0 Å². The predicted octanol–water partition coefficient (Wildman–Crippen LogP) is 8.46. The summed E-state index contributed by atoms with van der Waals surface area (Å²) in [6.45, 7) is 0. The van der Waals surface area contributed by atoms with Crippen LogP contribution < -0.4 is 0 Å². The minimum Gasteiger partial charge on any atom is -0.374 e. The van der Waals surface area contributed by atoms with Crippen LogP contribution in [0.1, 0.15) is 148 Å². The highest BCUT2D eigenvalue weighted by molar-refractivity contribution is 5.12. The van der Waals surface area contributed by atoms with Crippen LogP contribution in [0, 0.1) is 47.3 Å². The lowest BCUT2D eigenvalue weighted by Gasteiger charge is -2.54. The van der Waals surface area contributed by atoms with Crippen LogP contribution in [0.15, 0.2) is 0 Å². The van der Waals surface area contributed by atoms with Crippen molar-refractivity contribution in [3.8, 4) is 0 Å². The predicted molar refractivity (Wildman–Crippen MR) is 182 cm³/mol. The fraction of sp³-hybridized carbons (Fsp3) is 1.00. The van der Waals surface area contributed by atoms with E-state index in [-0.39, 0.29) is 0 Å². The van der Waals surface area contributed by atoms with Gasteiger partial charge in [-0.2, -0.15) is 0 Å². The Kier molecular flexibility index (Phi) is 7.90. The number of hydrogen-bond donors (Lipinski definition) is 0. The van der Waals surface area contributed by atoms with Gasteiger partial charge in [-0.05, 0) is 131 Å². The molecule has 0 amide bonds. The van der Waals surface area contributed by atoms with Gasteiger partial charge in [0.05, 0.1) is 48.8 Å². The zero-order chi connectivity index (χ0) is 30.6. The lowest BCUT2D eigenvalue weighted by Crippen LogP contribution is -2.64. The second-order valence-electron chi connectivity index (χ2n) is 19.2. The monoisotopic (exact) mass is 647 g/mol. The molecule has 11 rings (SSSR count). The van der Waals surface area contributed by atoms with Crippen molar-refractivity contribution < 1.29 is 18.9 Å². The summed E-state index contributed by atoms with van der Waals surface area (Å²) in [5, 5.41) is 0. The molecule has 7 saturated carbocycles.